The first-order chi connectivity index (χ1) is 7.86. The fourth-order valence-electron chi connectivity index (χ4n) is 2.90. The summed E-state index contributed by atoms with van der Waals surface area (Å²) in [7, 11) is 0. The number of rotatable bonds is 2. The Balaban J connectivity index is 2.34. The average Bonchev–Trinajstić information content (AvgIpc) is 2.65. The van der Waals surface area contributed by atoms with Crippen LogP contribution in [-0.4, -0.2) is 23.4 Å². The summed E-state index contributed by atoms with van der Waals surface area (Å²) in [6.07, 6.45) is 0. The summed E-state index contributed by atoms with van der Waals surface area (Å²) in [5.41, 5.74) is 2.35. The zero-order chi connectivity index (χ0) is 11.1. The summed E-state index contributed by atoms with van der Waals surface area (Å²) in [5, 5.41) is 21.4. The van der Waals surface area contributed by atoms with Gasteiger partial charge >= 0.3 is 0 Å². The molecule has 2 N–H and O–H groups in total. The van der Waals surface area contributed by atoms with Crippen molar-refractivity contribution in [2.75, 3.05) is 13.2 Å². The van der Waals surface area contributed by atoms with Gasteiger partial charge in [-0.15, -0.1) is 0 Å². The minimum atomic E-state index is 0.0473. The van der Waals surface area contributed by atoms with Crippen LogP contribution in [0.15, 0.2) is 36.4 Å². The molecule has 2 nitrogen and oxygen atoms in total. The number of hydrogen-bond acceptors (Lipinski definition) is 2. The van der Waals surface area contributed by atoms with Gasteiger partial charge in [-0.2, -0.15) is 0 Å². The lowest BCUT2D eigenvalue weighted by Gasteiger charge is -2.16. The highest BCUT2D eigenvalue weighted by atomic mass is 16.3. The first-order valence-corrected chi connectivity index (χ1v) is 5.60. The van der Waals surface area contributed by atoms with E-state index in [0.717, 1.165) is 0 Å². The predicted octanol–water partition coefficient (Wildman–Crippen LogP) is 2.01. The van der Waals surface area contributed by atoms with Crippen LogP contribution >= 0.6 is 0 Å². The van der Waals surface area contributed by atoms with Crippen LogP contribution in [-0.2, 0) is 0 Å². The highest BCUT2D eigenvalue weighted by Gasteiger charge is 2.32. The Morgan fingerprint density at radius 2 is 1.31 bits per heavy atom. The van der Waals surface area contributed by atoms with Crippen LogP contribution < -0.4 is 0 Å². The topological polar surface area (TPSA) is 40.5 Å². The van der Waals surface area contributed by atoms with Crippen molar-refractivity contribution in [2.45, 2.75) is 11.8 Å². The normalized spacial score (nSPS) is 22.9. The molecule has 0 amide bonds. The summed E-state index contributed by atoms with van der Waals surface area (Å²) in [6.45, 7) is 0.193. The molecule has 0 aromatic heterocycles. The number of aliphatic hydroxyl groups is 2. The highest BCUT2D eigenvalue weighted by molar-refractivity contribution is 5.92. The Labute approximate surface area is 94.2 Å². The van der Waals surface area contributed by atoms with E-state index >= 15 is 0 Å². The Morgan fingerprint density at radius 1 is 0.812 bits per heavy atom. The fraction of sp³-hybridized carbons (Fsp3) is 0.286. The van der Waals surface area contributed by atoms with Gasteiger partial charge in [-0.25, -0.2) is 0 Å². The second-order valence-corrected chi connectivity index (χ2v) is 4.37. The highest BCUT2D eigenvalue weighted by Crippen LogP contribution is 2.45. The Kier molecular flexibility index (Phi) is 2.20. The van der Waals surface area contributed by atoms with E-state index in [0.29, 0.717) is 0 Å². The van der Waals surface area contributed by atoms with Crippen LogP contribution in [0, 0.1) is 0 Å². The summed E-state index contributed by atoms with van der Waals surface area (Å²) in [4.78, 5) is 0. The first-order valence-electron chi connectivity index (χ1n) is 5.60. The van der Waals surface area contributed by atoms with Crippen molar-refractivity contribution in [1.82, 2.24) is 0 Å². The molecule has 2 atom stereocenters. The lowest BCUT2D eigenvalue weighted by Crippen LogP contribution is -2.13. The second kappa shape index (κ2) is 3.58. The molecule has 16 heavy (non-hydrogen) atoms. The van der Waals surface area contributed by atoms with Crippen molar-refractivity contribution in [3.63, 3.8) is 0 Å². The third kappa shape index (κ3) is 1.14. The summed E-state index contributed by atoms with van der Waals surface area (Å²) in [5.74, 6) is 0.0946. The minimum absolute atomic E-state index is 0.0473. The molecule has 3 rings (SSSR count). The van der Waals surface area contributed by atoms with Gasteiger partial charge in [0.2, 0.25) is 0 Å². The first kappa shape index (κ1) is 9.82. The Hall–Kier alpha value is -1.38. The van der Waals surface area contributed by atoms with E-state index in [1.807, 2.05) is 12.1 Å². The van der Waals surface area contributed by atoms with Gasteiger partial charge in [-0.3, -0.25) is 0 Å². The maximum Gasteiger partial charge on any atom is 0.0506 e. The molecule has 1 aliphatic rings. The van der Waals surface area contributed by atoms with Gasteiger partial charge in [0.05, 0.1) is 13.2 Å². The summed E-state index contributed by atoms with van der Waals surface area (Å²) >= 11 is 0. The van der Waals surface area contributed by atoms with Crippen LogP contribution in [0.1, 0.15) is 23.0 Å². The molecule has 0 radical (unpaired) electrons. The van der Waals surface area contributed by atoms with Crippen LogP contribution in [0.3, 0.4) is 0 Å². The number of aliphatic hydroxyl groups excluding tert-OH is 2. The quantitative estimate of drug-likeness (QED) is 0.802. The van der Waals surface area contributed by atoms with Crippen molar-refractivity contribution in [2.24, 2.45) is 0 Å². The molecule has 0 fully saturated rings. The molecule has 2 aromatic carbocycles. The molecule has 82 valence electrons. The molecular formula is C14H14O2. The SMILES string of the molecule is OCC1c2cccc3cccc(c23)C1CO. The van der Waals surface area contributed by atoms with Gasteiger partial charge in [0, 0.05) is 11.8 Å². The maximum atomic E-state index is 9.48. The average molecular weight is 214 g/mol. The van der Waals surface area contributed by atoms with E-state index in [-0.39, 0.29) is 25.0 Å². The monoisotopic (exact) mass is 214 g/mol. The van der Waals surface area contributed by atoms with E-state index in [1.54, 1.807) is 0 Å². The molecular weight excluding hydrogens is 200 g/mol. The van der Waals surface area contributed by atoms with Gasteiger partial charge in [-0.05, 0) is 21.9 Å². The molecule has 2 aromatic rings. The zero-order valence-electron chi connectivity index (χ0n) is 8.93. The number of hydrogen-bond donors (Lipinski definition) is 2. The third-order valence-corrected chi connectivity index (χ3v) is 3.65. The van der Waals surface area contributed by atoms with E-state index in [9.17, 15) is 10.2 Å². The molecule has 0 aliphatic heterocycles. The van der Waals surface area contributed by atoms with Crippen LogP contribution in [0.2, 0.25) is 0 Å². The number of benzene rings is 2. The van der Waals surface area contributed by atoms with Gasteiger partial charge in [0.1, 0.15) is 0 Å². The van der Waals surface area contributed by atoms with Crippen molar-refractivity contribution < 1.29 is 10.2 Å². The Bertz CT molecular complexity index is 488. The smallest absolute Gasteiger partial charge is 0.0506 e. The molecule has 0 saturated carbocycles. The molecule has 0 spiro atoms. The van der Waals surface area contributed by atoms with Gasteiger partial charge in [0.15, 0.2) is 0 Å². The summed E-state index contributed by atoms with van der Waals surface area (Å²) < 4.78 is 0. The lowest BCUT2D eigenvalue weighted by atomic mass is 9.91. The zero-order valence-corrected chi connectivity index (χ0v) is 8.93. The molecule has 2 unspecified atom stereocenters. The molecule has 2 heteroatoms. The third-order valence-electron chi connectivity index (χ3n) is 3.65. The van der Waals surface area contributed by atoms with Gasteiger partial charge < -0.3 is 10.2 Å². The van der Waals surface area contributed by atoms with E-state index in [4.69, 9.17) is 0 Å². The van der Waals surface area contributed by atoms with Crippen LogP contribution in [0.25, 0.3) is 10.8 Å². The lowest BCUT2D eigenvalue weighted by molar-refractivity contribution is 0.201. The van der Waals surface area contributed by atoms with Crippen LogP contribution in [0.5, 0.6) is 0 Å². The van der Waals surface area contributed by atoms with Crippen molar-refractivity contribution in [3.8, 4) is 0 Å². The largest absolute Gasteiger partial charge is 0.396 e. The molecule has 0 bridgehead atoms. The minimum Gasteiger partial charge on any atom is -0.396 e. The summed E-state index contributed by atoms with van der Waals surface area (Å²) in [6, 6.07) is 12.3. The van der Waals surface area contributed by atoms with E-state index in [2.05, 4.69) is 24.3 Å². The van der Waals surface area contributed by atoms with Crippen molar-refractivity contribution in [3.05, 3.63) is 47.5 Å². The molecule has 1 aliphatic carbocycles. The molecule has 0 heterocycles. The van der Waals surface area contributed by atoms with Crippen molar-refractivity contribution in [1.29, 1.82) is 0 Å². The standard InChI is InChI=1S/C14H14O2/c15-7-12-10-5-1-3-9-4-2-6-11(14(9)10)13(12)8-16/h1-6,12-13,15-16H,7-8H2. The van der Waals surface area contributed by atoms with Gasteiger partial charge in [0.25, 0.3) is 0 Å². The maximum absolute atomic E-state index is 9.48. The van der Waals surface area contributed by atoms with Crippen LogP contribution in [0.4, 0.5) is 0 Å². The van der Waals surface area contributed by atoms with Crippen molar-refractivity contribution >= 4 is 10.8 Å². The second-order valence-electron chi connectivity index (χ2n) is 4.37. The van der Waals surface area contributed by atoms with E-state index < -0.39 is 0 Å². The Morgan fingerprint density at radius 3 is 1.75 bits per heavy atom. The predicted molar refractivity (Wildman–Crippen MR) is 63.6 cm³/mol. The van der Waals surface area contributed by atoms with E-state index in [1.165, 1.54) is 21.9 Å². The molecule has 0 saturated heterocycles. The van der Waals surface area contributed by atoms with Gasteiger partial charge in [-0.1, -0.05) is 36.4 Å². The fourth-order valence-corrected chi connectivity index (χ4v) is 2.90.